The highest BCUT2D eigenvalue weighted by Gasteiger charge is 2.19. The summed E-state index contributed by atoms with van der Waals surface area (Å²) in [7, 11) is 0. The van der Waals surface area contributed by atoms with Gasteiger partial charge in [0.1, 0.15) is 0 Å². The molecule has 0 aliphatic heterocycles. The first-order chi connectivity index (χ1) is 7.17. The van der Waals surface area contributed by atoms with Gasteiger partial charge in [-0.05, 0) is 13.0 Å². The van der Waals surface area contributed by atoms with Gasteiger partial charge < -0.3 is 11.1 Å². The lowest BCUT2D eigenvalue weighted by Gasteiger charge is -2.13. The summed E-state index contributed by atoms with van der Waals surface area (Å²) in [5.41, 5.74) is 5.22. The van der Waals surface area contributed by atoms with Gasteiger partial charge in [0.2, 0.25) is 6.41 Å². The van der Waals surface area contributed by atoms with Gasteiger partial charge in [0.15, 0.2) is 0 Å². The standard InChI is InChI=1S/C8H14ClN3O3/c9-2-4-11-7(14)8(15)12(6-13)5-1-3-10/h6H,1-5,10H2,(H,11,14). The molecular weight excluding hydrogens is 222 g/mol. The molecule has 7 heteroatoms. The number of halogens is 1. The van der Waals surface area contributed by atoms with Gasteiger partial charge in [0.25, 0.3) is 0 Å². The van der Waals surface area contributed by atoms with E-state index in [1.165, 1.54) is 0 Å². The van der Waals surface area contributed by atoms with Gasteiger partial charge in [-0.2, -0.15) is 0 Å². The third-order valence-corrected chi connectivity index (χ3v) is 1.75. The van der Waals surface area contributed by atoms with Gasteiger partial charge in [-0.15, -0.1) is 11.6 Å². The Morgan fingerprint density at radius 1 is 1.47 bits per heavy atom. The molecule has 0 saturated heterocycles. The van der Waals surface area contributed by atoms with Crippen LogP contribution in [0.25, 0.3) is 0 Å². The fourth-order valence-corrected chi connectivity index (χ4v) is 0.925. The molecule has 86 valence electrons. The van der Waals surface area contributed by atoms with Crippen LogP contribution in [-0.4, -0.2) is 48.6 Å². The fraction of sp³-hybridized carbons (Fsp3) is 0.625. The van der Waals surface area contributed by atoms with Crippen LogP contribution in [0.4, 0.5) is 0 Å². The van der Waals surface area contributed by atoms with Crippen molar-refractivity contribution in [3.05, 3.63) is 0 Å². The summed E-state index contributed by atoms with van der Waals surface area (Å²) in [5, 5.41) is 2.27. The van der Waals surface area contributed by atoms with Gasteiger partial charge in [-0.1, -0.05) is 0 Å². The van der Waals surface area contributed by atoms with Gasteiger partial charge in [0.05, 0.1) is 0 Å². The Morgan fingerprint density at radius 2 is 2.13 bits per heavy atom. The number of imide groups is 1. The molecule has 6 nitrogen and oxygen atoms in total. The average Bonchev–Trinajstić information content (AvgIpc) is 2.26. The molecule has 0 fully saturated rings. The lowest BCUT2D eigenvalue weighted by molar-refractivity contribution is -0.148. The molecule has 0 spiro atoms. The minimum Gasteiger partial charge on any atom is -0.347 e. The molecule has 0 aliphatic carbocycles. The van der Waals surface area contributed by atoms with Gasteiger partial charge in [0, 0.05) is 19.0 Å². The number of hydrogen-bond acceptors (Lipinski definition) is 4. The molecule has 3 amide bonds. The largest absolute Gasteiger partial charge is 0.347 e. The zero-order chi connectivity index (χ0) is 11.7. The highest BCUT2D eigenvalue weighted by molar-refractivity contribution is 6.36. The summed E-state index contributed by atoms with van der Waals surface area (Å²) in [6.07, 6.45) is 0.783. The molecule has 0 bridgehead atoms. The van der Waals surface area contributed by atoms with Crippen LogP contribution in [-0.2, 0) is 14.4 Å². The third kappa shape index (κ3) is 5.34. The molecule has 0 saturated carbocycles. The Balaban J connectivity index is 4.12. The van der Waals surface area contributed by atoms with E-state index in [1.54, 1.807) is 0 Å². The van der Waals surface area contributed by atoms with Crippen molar-refractivity contribution in [1.82, 2.24) is 10.2 Å². The van der Waals surface area contributed by atoms with Crippen LogP contribution in [0.15, 0.2) is 0 Å². The van der Waals surface area contributed by atoms with Crippen molar-refractivity contribution in [2.24, 2.45) is 5.73 Å². The molecule has 0 aromatic heterocycles. The molecule has 0 radical (unpaired) electrons. The van der Waals surface area contributed by atoms with Crippen LogP contribution in [0.2, 0.25) is 0 Å². The highest BCUT2D eigenvalue weighted by Crippen LogP contribution is 1.89. The summed E-state index contributed by atoms with van der Waals surface area (Å²) in [6, 6.07) is 0. The topological polar surface area (TPSA) is 92.5 Å². The van der Waals surface area contributed by atoms with E-state index < -0.39 is 11.8 Å². The maximum atomic E-state index is 11.3. The molecular formula is C8H14ClN3O3. The first-order valence-electron chi connectivity index (χ1n) is 4.47. The quantitative estimate of drug-likeness (QED) is 0.339. The number of alkyl halides is 1. The number of amides is 3. The molecule has 3 N–H and O–H groups in total. The smallest absolute Gasteiger partial charge is 0.318 e. The zero-order valence-electron chi connectivity index (χ0n) is 8.24. The fourth-order valence-electron chi connectivity index (χ4n) is 0.831. The summed E-state index contributed by atoms with van der Waals surface area (Å²) < 4.78 is 0. The van der Waals surface area contributed by atoms with Crippen molar-refractivity contribution in [3.63, 3.8) is 0 Å². The molecule has 0 aromatic carbocycles. The molecule has 0 heterocycles. The number of carbonyl (C=O) groups is 3. The van der Waals surface area contributed by atoms with Crippen molar-refractivity contribution in [3.8, 4) is 0 Å². The lowest BCUT2D eigenvalue weighted by Crippen LogP contribution is -2.43. The van der Waals surface area contributed by atoms with E-state index in [-0.39, 0.29) is 19.0 Å². The number of carbonyl (C=O) groups excluding carboxylic acids is 3. The second-order valence-corrected chi connectivity index (χ2v) is 3.07. The van der Waals surface area contributed by atoms with E-state index >= 15 is 0 Å². The maximum Gasteiger partial charge on any atom is 0.318 e. The first kappa shape index (κ1) is 13.9. The first-order valence-corrected chi connectivity index (χ1v) is 5.01. The van der Waals surface area contributed by atoms with Crippen LogP contribution in [0.3, 0.4) is 0 Å². The SMILES string of the molecule is NCCCN(C=O)C(=O)C(=O)NCCCl. The Labute approximate surface area is 92.7 Å². The number of hydrogen-bond donors (Lipinski definition) is 2. The van der Waals surface area contributed by atoms with E-state index in [4.69, 9.17) is 17.3 Å². The predicted octanol–water partition coefficient (Wildman–Crippen LogP) is -1.32. The minimum absolute atomic E-state index is 0.146. The summed E-state index contributed by atoms with van der Waals surface area (Å²) in [5.74, 6) is -1.51. The Morgan fingerprint density at radius 3 is 2.60 bits per heavy atom. The Kier molecular flexibility index (Phi) is 7.57. The number of nitrogens with zero attached hydrogens (tertiary/aromatic N) is 1. The van der Waals surface area contributed by atoms with Crippen molar-refractivity contribution >= 4 is 29.8 Å². The van der Waals surface area contributed by atoms with Crippen LogP contribution in [0.5, 0.6) is 0 Å². The van der Waals surface area contributed by atoms with Gasteiger partial charge >= 0.3 is 11.8 Å². The summed E-state index contributed by atoms with van der Waals surface area (Å²) >= 11 is 5.32. The number of nitrogens with one attached hydrogen (secondary N) is 1. The predicted molar refractivity (Wildman–Crippen MR) is 55.2 cm³/mol. The minimum atomic E-state index is -0.886. The number of nitrogens with two attached hydrogens (primary N) is 1. The highest BCUT2D eigenvalue weighted by atomic mass is 35.5. The van der Waals surface area contributed by atoms with Crippen LogP contribution >= 0.6 is 11.6 Å². The van der Waals surface area contributed by atoms with Crippen LogP contribution in [0.1, 0.15) is 6.42 Å². The second-order valence-electron chi connectivity index (χ2n) is 2.69. The molecule has 0 unspecified atom stereocenters. The van der Waals surface area contributed by atoms with E-state index in [9.17, 15) is 14.4 Å². The van der Waals surface area contributed by atoms with E-state index in [2.05, 4.69) is 5.32 Å². The van der Waals surface area contributed by atoms with Crippen LogP contribution in [0, 0.1) is 0 Å². The van der Waals surface area contributed by atoms with Gasteiger partial charge in [-0.3, -0.25) is 19.3 Å². The molecule has 15 heavy (non-hydrogen) atoms. The van der Waals surface area contributed by atoms with Crippen molar-refractivity contribution < 1.29 is 14.4 Å². The van der Waals surface area contributed by atoms with Crippen molar-refractivity contribution in [1.29, 1.82) is 0 Å². The monoisotopic (exact) mass is 235 g/mol. The summed E-state index contributed by atoms with van der Waals surface area (Å²) in [6.45, 7) is 0.684. The Bertz CT molecular complexity index is 235. The zero-order valence-corrected chi connectivity index (χ0v) is 9.00. The third-order valence-electron chi connectivity index (χ3n) is 1.57. The maximum absolute atomic E-state index is 11.3. The van der Waals surface area contributed by atoms with Crippen molar-refractivity contribution in [2.45, 2.75) is 6.42 Å². The van der Waals surface area contributed by atoms with E-state index in [0.717, 1.165) is 4.90 Å². The molecule has 0 atom stereocenters. The molecule has 0 aromatic rings. The normalized spacial score (nSPS) is 9.47. The van der Waals surface area contributed by atoms with E-state index in [1.807, 2.05) is 0 Å². The van der Waals surface area contributed by atoms with Gasteiger partial charge in [-0.25, -0.2) is 0 Å². The molecule has 0 aliphatic rings. The lowest BCUT2D eigenvalue weighted by atomic mass is 10.4. The average molecular weight is 236 g/mol. The molecule has 0 rings (SSSR count). The Hall–Kier alpha value is -1.14. The van der Waals surface area contributed by atoms with Crippen molar-refractivity contribution in [2.75, 3.05) is 25.5 Å². The van der Waals surface area contributed by atoms with Crippen LogP contribution < -0.4 is 11.1 Å². The van der Waals surface area contributed by atoms with E-state index in [0.29, 0.717) is 19.4 Å². The summed E-state index contributed by atoms with van der Waals surface area (Å²) in [4.78, 5) is 33.7. The second kappa shape index (κ2) is 8.19. The number of rotatable bonds is 6.